The number of aryl methyl sites for hydroxylation is 2. The molecule has 4 nitrogen and oxygen atoms in total. The molecule has 1 aromatic carbocycles. The van der Waals surface area contributed by atoms with Gasteiger partial charge in [0.25, 0.3) is 0 Å². The molecule has 2 aliphatic rings. The van der Waals surface area contributed by atoms with Crippen LogP contribution in [-0.2, 0) is 24.1 Å². The van der Waals surface area contributed by atoms with Gasteiger partial charge in [-0.3, -0.25) is 9.78 Å². The third-order valence-corrected chi connectivity index (χ3v) is 6.81. The number of carbonyl (C=O) groups excluding carboxylic acids is 1. The zero-order valence-electron chi connectivity index (χ0n) is 17.7. The molecule has 32 heavy (non-hydrogen) atoms. The number of piperidine rings is 1. The van der Waals surface area contributed by atoms with Crippen molar-refractivity contribution in [2.24, 2.45) is 0 Å². The van der Waals surface area contributed by atoms with Crippen molar-refractivity contribution in [2.75, 3.05) is 13.1 Å². The van der Waals surface area contributed by atoms with Gasteiger partial charge in [-0.05, 0) is 78.3 Å². The van der Waals surface area contributed by atoms with Gasteiger partial charge in [0.2, 0.25) is 5.91 Å². The smallest absolute Gasteiger partial charge is 0.227 e. The van der Waals surface area contributed by atoms with Crippen molar-refractivity contribution < 1.29 is 4.79 Å². The molecule has 2 aromatic heterocycles. The lowest BCUT2D eigenvalue weighted by Crippen LogP contribution is -2.37. The van der Waals surface area contributed by atoms with E-state index >= 15 is 0 Å². The van der Waals surface area contributed by atoms with Gasteiger partial charge in [0.15, 0.2) is 0 Å². The SMILES string of the molecule is O=C(Cc1ccncc1)N1CCC(=C2c3ccc(Cl)cc3CCc3ccc(Cl)nc32)CC1. The summed E-state index contributed by atoms with van der Waals surface area (Å²) in [5, 5.41) is 1.26. The number of nitrogens with zero attached hydrogens (tertiary/aromatic N) is 3. The fourth-order valence-electron chi connectivity index (χ4n) is 4.71. The summed E-state index contributed by atoms with van der Waals surface area (Å²) in [5.74, 6) is 0.162. The Bertz CT molecular complexity index is 1200. The van der Waals surface area contributed by atoms with Crippen molar-refractivity contribution in [1.29, 1.82) is 0 Å². The van der Waals surface area contributed by atoms with Crippen LogP contribution in [0.5, 0.6) is 0 Å². The Hall–Kier alpha value is -2.69. The van der Waals surface area contributed by atoms with E-state index in [4.69, 9.17) is 28.2 Å². The van der Waals surface area contributed by atoms with Gasteiger partial charge in [-0.25, -0.2) is 4.98 Å². The van der Waals surface area contributed by atoms with Crippen LogP contribution in [0.1, 0.15) is 40.8 Å². The van der Waals surface area contributed by atoms with Crippen LogP contribution in [0.15, 0.2) is 60.4 Å². The van der Waals surface area contributed by atoms with Crippen LogP contribution >= 0.6 is 23.2 Å². The molecule has 1 saturated heterocycles. The highest BCUT2D eigenvalue weighted by molar-refractivity contribution is 6.30. The quantitative estimate of drug-likeness (QED) is 0.468. The van der Waals surface area contributed by atoms with Gasteiger partial charge in [-0.2, -0.15) is 0 Å². The van der Waals surface area contributed by atoms with E-state index in [0.29, 0.717) is 24.7 Å². The Balaban J connectivity index is 1.47. The first-order valence-corrected chi connectivity index (χ1v) is 11.7. The highest BCUT2D eigenvalue weighted by atomic mass is 35.5. The van der Waals surface area contributed by atoms with Crippen molar-refractivity contribution in [3.05, 3.63) is 98.6 Å². The number of rotatable bonds is 2. The standard InChI is InChI=1S/C26H23Cl2N3O/c27-21-4-5-22-20(16-21)2-1-19-3-6-23(28)30-26(19)25(22)18-9-13-31(14-10-18)24(32)15-17-7-11-29-12-8-17/h3-8,11-12,16H,1-2,9-10,13-15H2. The zero-order valence-corrected chi connectivity index (χ0v) is 19.2. The van der Waals surface area contributed by atoms with Crippen molar-refractivity contribution in [3.63, 3.8) is 0 Å². The third kappa shape index (κ3) is 4.30. The van der Waals surface area contributed by atoms with E-state index in [-0.39, 0.29) is 5.91 Å². The van der Waals surface area contributed by atoms with E-state index < -0.39 is 0 Å². The summed E-state index contributed by atoms with van der Waals surface area (Å²) in [7, 11) is 0. The molecule has 3 heterocycles. The van der Waals surface area contributed by atoms with Gasteiger partial charge in [-0.15, -0.1) is 0 Å². The minimum Gasteiger partial charge on any atom is -0.342 e. The number of halogens is 2. The average molecular weight is 464 g/mol. The van der Waals surface area contributed by atoms with E-state index in [1.165, 1.54) is 27.8 Å². The Morgan fingerprint density at radius 3 is 2.44 bits per heavy atom. The van der Waals surface area contributed by atoms with Crippen molar-refractivity contribution in [1.82, 2.24) is 14.9 Å². The normalized spacial score (nSPS) is 15.8. The lowest BCUT2D eigenvalue weighted by atomic mass is 9.88. The summed E-state index contributed by atoms with van der Waals surface area (Å²) in [4.78, 5) is 23.6. The molecule has 5 rings (SSSR count). The van der Waals surface area contributed by atoms with E-state index in [9.17, 15) is 4.79 Å². The highest BCUT2D eigenvalue weighted by Gasteiger charge is 2.27. The van der Waals surface area contributed by atoms with Gasteiger partial charge in [0.05, 0.1) is 12.1 Å². The molecule has 0 unspecified atom stereocenters. The lowest BCUT2D eigenvalue weighted by molar-refractivity contribution is -0.130. The zero-order chi connectivity index (χ0) is 22.1. The molecule has 0 atom stereocenters. The molecule has 3 aromatic rings. The van der Waals surface area contributed by atoms with Crippen LogP contribution in [0.2, 0.25) is 10.2 Å². The monoisotopic (exact) mass is 463 g/mol. The van der Waals surface area contributed by atoms with Crippen LogP contribution in [0, 0.1) is 0 Å². The number of benzene rings is 1. The topological polar surface area (TPSA) is 46.1 Å². The summed E-state index contributed by atoms with van der Waals surface area (Å²) in [6.07, 6.45) is 7.34. The molecule has 1 amide bonds. The number of hydrogen-bond acceptors (Lipinski definition) is 3. The molecular weight excluding hydrogens is 441 g/mol. The second-order valence-corrected chi connectivity index (χ2v) is 9.16. The first-order chi connectivity index (χ1) is 15.6. The average Bonchev–Trinajstić information content (AvgIpc) is 2.96. The van der Waals surface area contributed by atoms with Gasteiger partial charge in [0, 0.05) is 36.1 Å². The number of amides is 1. The third-order valence-electron chi connectivity index (χ3n) is 6.36. The maximum Gasteiger partial charge on any atom is 0.227 e. The number of hydrogen-bond donors (Lipinski definition) is 0. The summed E-state index contributed by atoms with van der Waals surface area (Å²) in [6, 6.07) is 13.9. The van der Waals surface area contributed by atoms with Gasteiger partial charge in [0.1, 0.15) is 5.15 Å². The second kappa shape index (κ2) is 9.05. The van der Waals surface area contributed by atoms with Crippen molar-refractivity contribution in [3.8, 4) is 0 Å². The fraction of sp³-hybridized carbons (Fsp3) is 0.269. The number of likely N-dealkylation sites (tertiary alicyclic amines) is 1. The second-order valence-electron chi connectivity index (χ2n) is 8.33. The summed E-state index contributed by atoms with van der Waals surface area (Å²) < 4.78 is 0. The lowest BCUT2D eigenvalue weighted by Gasteiger charge is -2.30. The summed E-state index contributed by atoms with van der Waals surface area (Å²) >= 11 is 12.6. The number of carbonyl (C=O) groups is 1. The maximum atomic E-state index is 12.8. The molecule has 0 spiro atoms. The molecule has 0 bridgehead atoms. The molecule has 1 aliphatic heterocycles. The molecule has 0 radical (unpaired) electrons. The molecular formula is C26H23Cl2N3O. The van der Waals surface area contributed by atoms with Gasteiger partial charge >= 0.3 is 0 Å². The Labute approximate surface area is 197 Å². The molecule has 1 aliphatic carbocycles. The van der Waals surface area contributed by atoms with Crippen LogP contribution < -0.4 is 0 Å². The van der Waals surface area contributed by atoms with E-state index in [1.54, 1.807) is 12.4 Å². The Morgan fingerprint density at radius 1 is 0.906 bits per heavy atom. The largest absolute Gasteiger partial charge is 0.342 e. The van der Waals surface area contributed by atoms with Crippen LogP contribution in [-0.4, -0.2) is 33.9 Å². The number of pyridine rings is 2. The van der Waals surface area contributed by atoms with Crippen molar-refractivity contribution >= 4 is 34.7 Å². The highest BCUT2D eigenvalue weighted by Crippen LogP contribution is 2.39. The minimum absolute atomic E-state index is 0.162. The first kappa shape index (κ1) is 21.2. The summed E-state index contributed by atoms with van der Waals surface area (Å²) in [6.45, 7) is 1.42. The van der Waals surface area contributed by atoms with Crippen LogP contribution in [0.3, 0.4) is 0 Å². The number of fused-ring (bicyclic) bond motifs is 2. The number of aromatic nitrogens is 2. The van der Waals surface area contributed by atoms with Gasteiger partial charge < -0.3 is 4.90 Å². The molecule has 0 N–H and O–H groups in total. The Morgan fingerprint density at radius 2 is 1.66 bits per heavy atom. The fourth-order valence-corrected chi connectivity index (χ4v) is 5.06. The van der Waals surface area contributed by atoms with Gasteiger partial charge in [-0.1, -0.05) is 40.9 Å². The summed E-state index contributed by atoms with van der Waals surface area (Å²) in [5.41, 5.74) is 8.12. The van der Waals surface area contributed by atoms with Crippen LogP contribution in [0.25, 0.3) is 5.57 Å². The van der Waals surface area contributed by atoms with Crippen LogP contribution in [0.4, 0.5) is 0 Å². The predicted octanol–water partition coefficient (Wildman–Crippen LogP) is 5.55. The molecule has 0 saturated carbocycles. The molecule has 1 fully saturated rings. The molecule has 162 valence electrons. The molecule has 6 heteroatoms. The van der Waals surface area contributed by atoms with E-state index in [2.05, 4.69) is 23.2 Å². The minimum atomic E-state index is 0.162. The maximum absolute atomic E-state index is 12.8. The van der Waals surface area contributed by atoms with E-state index in [0.717, 1.165) is 42.0 Å². The predicted molar refractivity (Wildman–Crippen MR) is 128 cm³/mol. The Kier molecular flexibility index (Phi) is 5.99. The van der Waals surface area contributed by atoms with E-state index in [1.807, 2.05) is 29.2 Å². The van der Waals surface area contributed by atoms with Crippen molar-refractivity contribution in [2.45, 2.75) is 32.1 Å². The first-order valence-electron chi connectivity index (χ1n) is 10.9.